The van der Waals surface area contributed by atoms with Crippen molar-refractivity contribution in [3.63, 3.8) is 0 Å². The lowest BCUT2D eigenvalue weighted by molar-refractivity contribution is -0.199. The molecule has 1 aromatic carbocycles. The quantitative estimate of drug-likeness (QED) is 0.124. The molecule has 3 saturated carbocycles. The highest BCUT2D eigenvalue weighted by Crippen LogP contribution is 2.65. The van der Waals surface area contributed by atoms with Crippen LogP contribution in [0.25, 0.3) is 0 Å². The van der Waals surface area contributed by atoms with Gasteiger partial charge in [-0.1, -0.05) is 45.9 Å². The molecule has 6 atom stereocenters. The van der Waals surface area contributed by atoms with Gasteiger partial charge in [-0.15, -0.1) is 0 Å². The SMILES string of the molecule is CNC(=N)NCCC[C@H](NC(=O)c1ccccc1C)C(=O)N[C@@H](CC(C)C)B1O[C@@H]2C[C@@H]3C[C@@H](C3(C)C)[C@]2(C)O1. The summed E-state index contributed by atoms with van der Waals surface area (Å²) in [5.41, 5.74) is 1.29. The summed E-state index contributed by atoms with van der Waals surface area (Å²) in [7, 11) is 1.15. The van der Waals surface area contributed by atoms with Crippen molar-refractivity contribution >= 4 is 24.9 Å². The number of carbonyl (C=O) groups excluding carboxylic acids is 2. The number of nitrogens with one attached hydrogen (secondary N) is 5. The average Bonchev–Trinajstić information content (AvgIpc) is 3.26. The summed E-state index contributed by atoms with van der Waals surface area (Å²) in [6.45, 7) is 13.5. The number of carbonyl (C=O) groups is 2. The van der Waals surface area contributed by atoms with E-state index in [2.05, 4.69) is 55.9 Å². The Morgan fingerprint density at radius 3 is 2.52 bits per heavy atom. The predicted molar refractivity (Wildman–Crippen MR) is 158 cm³/mol. The molecule has 220 valence electrons. The van der Waals surface area contributed by atoms with Crippen molar-refractivity contribution in [3.8, 4) is 0 Å². The van der Waals surface area contributed by atoms with Crippen LogP contribution in [0.4, 0.5) is 0 Å². The number of rotatable bonds is 11. The first-order chi connectivity index (χ1) is 18.9. The lowest BCUT2D eigenvalue weighted by Crippen LogP contribution is -2.65. The van der Waals surface area contributed by atoms with Crippen molar-refractivity contribution in [1.82, 2.24) is 21.3 Å². The molecule has 2 amide bonds. The highest BCUT2D eigenvalue weighted by atomic mass is 16.7. The normalized spacial score (nSPS) is 27.7. The third kappa shape index (κ3) is 6.18. The molecule has 9 nitrogen and oxygen atoms in total. The Balaban J connectivity index is 1.47. The minimum Gasteiger partial charge on any atom is -0.404 e. The summed E-state index contributed by atoms with van der Waals surface area (Å²) in [5, 5.41) is 19.6. The van der Waals surface area contributed by atoms with E-state index in [4.69, 9.17) is 14.7 Å². The molecular weight excluding hydrogens is 505 g/mol. The second-order valence-electron chi connectivity index (χ2n) is 13.1. The van der Waals surface area contributed by atoms with Gasteiger partial charge in [0.1, 0.15) is 6.04 Å². The Kier molecular flexibility index (Phi) is 9.20. The summed E-state index contributed by atoms with van der Waals surface area (Å²) >= 11 is 0. The van der Waals surface area contributed by atoms with Gasteiger partial charge in [-0.05, 0) is 80.8 Å². The number of aryl methyl sites for hydroxylation is 1. The zero-order valence-electron chi connectivity index (χ0n) is 25.2. The van der Waals surface area contributed by atoms with Crippen molar-refractivity contribution in [1.29, 1.82) is 5.41 Å². The number of guanidine groups is 1. The fourth-order valence-corrected chi connectivity index (χ4v) is 7.04. The molecule has 40 heavy (non-hydrogen) atoms. The van der Waals surface area contributed by atoms with Crippen molar-refractivity contribution in [2.75, 3.05) is 13.6 Å². The second kappa shape index (κ2) is 12.1. The largest absolute Gasteiger partial charge is 0.481 e. The summed E-state index contributed by atoms with van der Waals surface area (Å²) in [4.78, 5) is 27.0. The standard InChI is InChI=1S/C30H48BN5O4/c1-18(2)15-25(31-39-24-17-20-16-23(29(20,4)5)30(24,6)40-31)36-27(38)22(13-10-14-34-28(32)33-7)35-26(37)21-12-9-8-11-19(21)3/h8-9,11-12,18,20,22-25H,10,13-17H2,1-7H3,(H,35,37)(H,36,38)(H3,32,33,34)/t20-,22-,23-,24+,25-,30-/m0/s1. The molecule has 0 spiro atoms. The Hall–Kier alpha value is -2.59. The van der Waals surface area contributed by atoms with Gasteiger partial charge in [0, 0.05) is 19.2 Å². The van der Waals surface area contributed by atoms with Crippen LogP contribution in [-0.2, 0) is 14.1 Å². The molecule has 1 heterocycles. The van der Waals surface area contributed by atoms with Gasteiger partial charge in [-0.25, -0.2) is 0 Å². The molecule has 5 rings (SSSR count). The van der Waals surface area contributed by atoms with Gasteiger partial charge in [0.2, 0.25) is 5.91 Å². The molecule has 10 heteroatoms. The maximum atomic E-state index is 13.8. The molecule has 4 aliphatic rings. The zero-order valence-corrected chi connectivity index (χ0v) is 25.2. The molecule has 0 radical (unpaired) electrons. The van der Waals surface area contributed by atoms with Crippen molar-refractivity contribution in [3.05, 3.63) is 35.4 Å². The van der Waals surface area contributed by atoms with Crippen LogP contribution in [0.3, 0.4) is 0 Å². The summed E-state index contributed by atoms with van der Waals surface area (Å²) in [6.07, 6.45) is 3.92. The van der Waals surface area contributed by atoms with E-state index in [-0.39, 0.29) is 40.8 Å². The van der Waals surface area contributed by atoms with E-state index < -0.39 is 13.2 Å². The molecule has 1 aliphatic heterocycles. The zero-order chi connectivity index (χ0) is 29.2. The van der Waals surface area contributed by atoms with Gasteiger partial charge < -0.3 is 30.6 Å². The third-order valence-electron chi connectivity index (χ3n) is 9.58. The number of benzene rings is 1. The van der Waals surface area contributed by atoms with Crippen LogP contribution in [0, 0.1) is 35.5 Å². The van der Waals surface area contributed by atoms with E-state index in [0.29, 0.717) is 49.1 Å². The fourth-order valence-electron chi connectivity index (χ4n) is 7.04. The Bertz CT molecular complexity index is 1100. The highest BCUT2D eigenvalue weighted by Gasteiger charge is 2.68. The average molecular weight is 554 g/mol. The molecule has 5 N–H and O–H groups in total. The van der Waals surface area contributed by atoms with Gasteiger partial charge in [-0.3, -0.25) is 15.0 Å². The summed E-state index contributed by atoms with van der Waals surface area (Å²) in [6, 6.07) is 6.63. The molecule has 1 saturated heterocycles. The van der Waals surface area contributed by atoms with Gasteiger partial charge in [0.15, 0.2) is 5.96 Å². The second-order valence-corrected chi connectivity index (χ2v) is 13.1. The van der Waals surface area contributed by atoms with Gasteiger partial charge in [0.25, 0.3) is 5.91 Å². The van der Waals surface area contributed by atoms with Crippen molar-refractivity contribution in [2.24, 2.45) is 23.2 Å². The lowest BCUT2D eigenvalue weighted by atomic mass is 9.43. The Morgan fingerprint density at radius 1 is 1.15 bits per heavy atom. The molecule has 3 aliphatic carbocycles. The molecular formula is C30H48BN5O4. The van der Waals surface area contributed by atoms with Gasteiger partial charge in [0.05, 0.1) is 17.6 Å². The molecule has 4 fully saturated rings. The topological polar surface area (TPSA) is 125 Å². The van der Waals surface area contributed by atoms with E-state index in [1.807, 2.05) is 25.1 Å². The van der Waals surface area contributed by atoms with Crippen molar-refractivity contribution < 1.29 is 18.9 Å². The van der Waals surface area contributed by atoms with Crippen LogP contribution < -0.4 is 21.3 Å². The van der Waals surface area contributed by atoms with E-state index >= 15 is 0 Å². The van der Waals surface area contributed by atoms with Crippen LogP contribution >= 0.6 is 0 Å². The predicted octanol–water partition coefficient (Wildman–Crippen LogP) is 3.42. The Morgan fingerprint density at radius 2 is 1.88 bits per heavy atom. The molecule has 0 aromatic heterocycles. The Labute approximate surface area is 240 Å². The molecule has 2 bridgehead atoms. The first-order valence-electron chi connectivity index (χ1n) is 14.9. The third-order valence-corrected chi connectivity index (χ3v) is 9.58. The maximum absolute atomic E-state index is 13.8. The minimum absolute atomic E-state index is 0.0333. The fraction of sp³-hybridized carbons (Fsp3) is 0.700. The smallest absolute Gasteiger partial charge is 0.404 e. The molecule has 0 unspecified atom stereocenters. The first-order valence-corrected chi connectivity index (χ1v) is 14.9. The van der Waals surface area contributed by atoms with E-state index in [9.17, 15) is 9.59 Å². The maximum Gasteiger partial charge on any atom is 0.481 e. The van der Waals surface area contributed by atoms with Crippen LogP contribution in [0.15, 0.2) is 24.3 Å². The first kappa shape index (κ1) is 30.4. The van der Waals surface area contributed by atoms with Gasteiger partial charge in [-0.2, -0.15) is 0 Å². The highest BCUT2D eigenvalue weighted by molar-refractivity contribution is 6.48. The molecule has 1 aromatic rings. The van der Waals surface area contributed by atoms with Gasteiger partial charge >= 0.3 is 7.12 Å². The van der Waals surface area contributed by atoms with E-state index in [1.165, 1.54) is 6.42 Å². The number of hydrogen-bond donors (Lipinski definition) is 5. The summed E-state index contributed by atoms with van der Waals surface area (Å²) in [5.74, 6) is 0.771. The monoisotopic (exact) mass is 553 g/mol. The van der Waals surface area contributed by atoms with E-state index in [0.717, 1.165) is 12.0 Å². The van der Waals surface area contributed by atoms with Crippen LogP contribution in [0.2, 0.25) is 0 Å². The lowest BCUT2D eigenvalue weighted by Gasteiger charge is -2.64. The summed E-state index contributed by atoms with van der Waals surface area (Å²) < 4.78 is 13.3. The van der Waals surface area contributed by atoms with E-state index in [1.54, 1.807) is 13.1 Å². The van der Waals surface area contributed by atoms with Crippen LogP contribution in [0.1, 0.15) is 82.6 Å². The van der Waals surface area contributed by atoms with Crippen LogP contribution in [0.5, 0.6) is 0 Å². The van der Waals surface area contributed by atoms with Crippen LogP contribution in [-0.4, -0.2) is 62.2 Å². The minimum atomic E-state index is -0.738. The number of amides is 2. The van der Waals surface area contributed by atoms with Crippen molar-refractivity contribution in [2.45, 2.75) is 97.3 Å². The number of hydrogen-bond acceptors (Lipinski definition) is 5.